The molecule has 1 saturated carbocycles. The lowest BCUT2D eigenvalue weighted by Gasteiger charge is -2.30. The van der Waals surface area contributed by atoms with E-state index in [0.29, 0.717) is 12.8 Å². The first kappa shape index (κ1) is 19.9. The van der Waals surface area contributed by atoms with Crippen molar-refractivity contribution in [3.63, 3.8) is 0 Å². The Morgan fingerprint density at radius 3 is 2.50 bits per heavy atom. The molecule has 1 saturated heterocycles. The van der Waals surface area contributed by atoms with Gasteiger partial charge in [-0.3, -0.25) is 19.8 Å². The number of hydrogen-bond donors (Lipinski definition) is 3. The van der Waals surface area contributed by atoms with Crippen molar-refractivity contribution in [2.45, 2.75) is 44.1 Å². The summed E-state index contributed by atoms with van der Waals surface area (Å²) in [5.74, 6) is -1.37. The molecule has 8 heteroatoms. The molecule has 0 radical (unpaired) electrons. The highest BCUT2D eigenvalue weighted by atomic mass is 16.2. The maximum absolute atomic E-state index is 12.7. The van der Waals surface area contributed by atoms with Crippen LogP contribution < -0.4 is 16.1 Å². The van der Waals surface area contributed by atoms with Crippen molar-refractivity contribution in [3.8, 4) is 0 Å². The van der Waals surface area contributed by atoms with Crippen molar-refractivity contribution in [3.05, 3.63) is 48.0 Å². The predicted octanol–water partition coefficient (Wildman–Crippen LogP) is 1.78. The molecule has 3 N–H and O–H groups in total. The van der Waals surface area contributed by atoms with E-state index in [4.69, 9.17) is 0 Å². The SMILES string of the molecule is O=C(Cc1cccc2ccccc12)NCC(=O)NN1C(=O)NC2(CCCCC2)C1=O. The number of hydrazine groups is 1. The van der Waals surface area contributed by atoms with Gasteiger partial charge in [0.2, 0.25) is 5.91 Å². The van der Waals surface area contributed by atoms with Gasteiger partial charge in [-0.2, -0.15) is 5.01 Å². The summed E-state index contributed by atoms with van der Waals surface area (Å²) in [5.41, 5.74) is 2.27. The van der Waals surface area contributed by atoms with Crippen molar-refractivity contribution in [2.24, 2.45) is 0 Å². The standard InChI is InChI=1S/C22H24N4O4/c27-18(13-16-9-6-8-15-7-2-3-10-17(15)16)23-14-19(28)25-26-20(29)22(24-21(26)30)11-4-1-5-12-22/h2-3,6-10H,1,4-5,11-14H2,(H,23,27)(H,24,30)(H,25,28). The molecule has 2 fully saturated rings. The van der Waals surface area contributed by atoms with Crippen molar-refractivity contribution in [2.75, 3.05) is 6.54 Å². The van der Waals surface area contributed by atoms with Gasteiger partial charge >= 0.3 is 6.03 Å². The second kappa shape index (κ2) is 8.14. The van der Waals surface area contributed by atoms with E-state index in [9.17, 15) is 19.2 Å². The fourth-order valence-corrected chi connectivity index (χ4v) is 4.24. The van der Waals surface area contributed by atoms with Crippen molar-refractivity contribution in [1.29, 1.82) is 0 Å². The number of rotatable bonds is 5. The highest BCUT2D eigenvalue weighted by molar-refractivity contribution is 6.08. The third-order valence-electron chi connectivity index (χ3n) is 5.78. The molecular formula is C22H24N4O4. The third-order valence-corrected chi connectivity index (χ3v) is 5.78. The van der Waals surface area contributed by atoms with Crippen LogP contribution in [0, 0.1) is 0 Å². The van der Waals surface area contributed by atoms with Gasteiger partial charge in [0.15, 0.2) is 0 Å². The van der Waals surface area contributed by atoms with Crippen molar-refractivity contribution in [1.82, 2.24) is 21.1 Å². The molecule has 0 atom stereocenters. The molecule has 1 aliphatic heterocycles. The van der Waals surface area contributed by atoms with Crippen molar-refractivity contribution < 1.29 is 19.2 Å². The van der Waals surface area contributed by atoms with Gasteiger partial charge in [-0.05, 0) is 29.2 Å². The van der Waals surface area contributed by atoms with Crippen LogP contribution in [-0.2, 0) is 20.8 Å². The first-order valence-corrected chi connectivity index (χ1v) is 10.2. The Hall–Kier alpha value is -3.42. The second-order valence-corrected chi connectivity index (χ2v) is 7.84. The Morgan fingerprint density at radius 1 is 0.967 bits per heavy atom. The van der Waals surface area contributed by atoms with E-state index >= 15 is 0 Å². The Bertz CT molecular complexity index is 1010. The van der Waals surface area contributed by atoms with Crippen LogP contribution in [0.5, 0.6) is 0 Å². The second-order valence-electron chi connectivity index (χ2n) is 7.84. The summed E-state index contributed by atoms with van der Waals surface area (Å²) in [6, 6.07) is 12.9. The predicted molar refractivity (Wildman–Crippen MR) is 110 cm³/mol. The lowest BCUT2D eigenvalue weighted by Crippen LogP contribution is -2.52. The fraction of sp³-hybridized carbons (Fsp3) is 0.364. The topological polar surface area (TPSA) is 108 Å². The van der Waals surface area contributed by atoms with Gasteiger partial charge in [0, 0.05) is 0 Å². The summed E-state index contributed by atoms with van der Waals surface area (Å²) in [6.45, 7) is -0.326. The van der Waals surface area contributed by atoms with E-state index in [1.54, 1.807) is 0 Å². The Morgan fingerprint density at radius 2 is 1.70 bits per heavy atom. The summed E-state index contributed by atoms with van der Waals surface area (Å²) in [4.78, 5) is 49.4. The van der Waals surface area contributed by atoms with Crippen LogP contribution in [0.1, 0.15) is 37.7 Å². The van der Waals surface area contributed by atoms with Gasteiger partial charge in [0.25, 0.3) is 11.8 Å². The molecule has 5 amide bonds. The van der Waals surface area contributed by atoms with Crippen LogP contribution in [0.15, 0.2) is 42.5 Å². The Labute approximate surface area is 174 Å². The third kappa shape index (κ3) is 3.85. The molecular weight excluding hydrogens is 384 g/mol. The number of urea groups is 1. The van der Waals surface area contributed by atoms with E-state index in [0.717, 1.165) is 40.6 Å². The molecule has 30 heavy (non-hydrogen) atoms. The minimum absolute atomic E-state index is 0.126. The molecule has 0 bridgehead atoms. The number of benzene rings is 2. The van der Waals surface area contributed by atoms with E-state index in [2.05, 4.69) is 16.1 Å². The number of imide groups is 1. The lowest BCUT2D eigenvalue weighted by atomic mass is 9.82. The Kier molecular flexibility index (Phi) is 5.39. The summed E-state index contributed by atoms with van der Waals surface area (Å²) in [5, 5.41) is 8.04. The maximum Gasteiger partial charge on any atom is 0.344 e. The molecule has 156 valence electrons. The molecule has 2 aromatic rings. The number of carbonyl (C=O) groups is 4. The number of carbonyl (C=O) groups excluding carboxylic acids is 4. The van der Waals surface area contributed by atoms with E-state index in [1.165, 1.54) is 0 Å². The average Bonchev–Trinajstić information content (AvgIpc) is 2.97. The Balaban J connectivity index is 1.32. The van der Waals surface area contributed by atoms with Crippen LogP contribution in [0.4, 0.5) is 4.79 Å². The zero-order valence-corrected chi connectivity index (χ0v) is 16.6. The van der Waals surface area contributed by atoms with Crippen LogP contribution in [0.25, 0.3) is 10.8 Å². The van der Waals surface area contributed by atoms with Gasteiger partial charge in [-0.25, -0.2) is 4.79 Å². The summed E-state index contributed by atoms with van der Waals surface area (Å²) in [7, 11) is 0. The summed E-state index contributed by atoms with van der Waals surface area (Å²) >= 11 is 0. The molecule has 1 heterocycles. The molecule has 0 unspecified atom stereocenters. The first-order chi connectivity index (χ1) is 14.5. The van der Waals surface area contributed by atoms with Gasteiger partial charge in [0.05, 0.1) is 13.0 Å². The van der Waals surface area contributed by atoms with Gasteiger partial charge in [-0.15, -0.1) is 0 Å². The molecule has 8 nitrogen and oxygen atoms in total. The summed E-state index contributed by atoms with van der Waals surface area (Å²) < 4.78 is 0. The molecule has 1 aliphatic carbocycles. The number of hydrogen-bond acceptors (Lipinski definition) is 4. The van der Waals surface area contributed by atoms with E-state index in [1.807, 2.05) is 42.5 Å². The highest BCUT2D eigenvalue weighted by Gasteiger charge is 2.52. The average molecular weight is 408 g/mol. The number of nitrogens with zero attached hydrogens (tertiary/aromatic N) is 1. The van der Waals surface area contributed by atoms with Crippen LogP contribution in [0.3, 0.4) is 0 Å². The summed E-state index contributed by atoms with van der Waals surface area (Å²) in [6.07, 6.45) is 4.02. The molecule has 2 aromatic carbocycles. The normalized spacial score (nSPS) is 17.8. The largest absolute Gasteiger partial charge is 0.347 e. The fourth-order valence-electron chi connectivity index (χ4n) is 4.24. The minimum atomic E-state index is -0.903. The van der Waals surface area contributed by atoms with Gasteiger partial charge in [-0.1, -0.05) is 61.7 Å². The van der Waals surface area contributed by atoms with Crippen LogP contribution in [0.2, 0.25) is 0 Å². The first-order valence-electron chi connectivity index (χ1n) is 10.2. The zero-order valence-electron chi connectivity index (χ0n) is 16.6. The molecule has 1 spiro atoms. The molecule has 0 aromatic heterocycles. The number of fused-ring (bicyclic) bond motifs is 1. The zero-order chi connectivity index (χ0) is 21.1. The monoisotopic (exact) mass is 408 g/mol. The highest BCUT2D eigenvalue weighted by Crippen LogP contribution is 2.32. The number of nitrogens with one attached hydrogen (secondary N) is 3. The minimum Gasteiger partial charge on any atom is -0.347 e. The number of amides is 5. The lowest BCUT2D eigenvalue weighted by molar-refractivity contribution is -0.139. The van der Waals surface area contributed by atoms with Gasteiger partial charge in [0.1, 0.15) is 5.54 Å². The van der Waals surface area contributed by atoms with E-state index < -0.39 is 23.4 Å². The van der Waals surface area contributed by atoms with Crippen LogP contribution >= 0.6 is 0 Å². The molecule has 2 aliphatic rings. The smallest absolute Gasteiger partial charge is 0.344 e. The van der Waals surface area contributed by atoms with Gasteiger partial charge < -0.3 is 10.6 Å². The quantitative estimate of drug-likeness (QED) is 0.656. The van der Waals surface area contributed by atoms with Crippen molar-refractivity contribution >= 4 is 34.5 Å². The molecule has 4 rings (SSSR count). The maximum atomic E-state index is 12.7. The van der Waals surface area contributed by atoms with E-state index in [-0.39, 0.29) is 18.9 Å². The van der Waals surface area contributed by atoms with Crippen LogP contribution in [-0.4, -0.2) is 40.8 Å².